The summed E-state index contributed by atoms with van der Waals surface area (Å²) in [6.07, 6.45) is 1.56. The Morgan fingerprint density at radius 3 is 2.70 bits per heavy atom. The van der Waals surface area contributed by atoms with Crippen LogP contribution < -0.4 is 4.90 Å². The number of benzene rings is 1. The maximum Gasteiger partial charge on any atom is 0.312 e. The summed E-state index contributed by atoms with van der Waals surface area (Å²) in [6, 6.07) is 9.26. The Morgan fingerprint density at radius 1 is 1.30 bits per heavy atom. The lowest BCUT2D eigenvalue weighted by Gasteiger charge is -2.18. The van der Waals surface area contributed by atoms with Crippen LogP contribution in [0.25, 0.3) is 0 Å². The van der Waals surface area contributed by atoms with Gasteiger partial charge in [-0.05, 0) is 33.6 Å². The average molecular weight is 401 g/mol. The van der Waals surface area contributed by atoms with Gasteiger partial charge in [0.05, 0.1) is 4.92 Å². The molecular formula is C13H11Br2N3O2. The van der Waals surface area contributed by atoms with E-state index in [1.807, 2.05) is 24.3 Å². The highest BCUT2D eigenvalue weighted by molar-refractivity contribution is 9.10. The molecule has 2 aromatic rings. The highest BCUT2D eigenvalue weighted by atomic mass is 79.9. The van der Waals surface area contributed by atoms with Crippen molar-refractivity contribution in [3.8, 4) is 0 Å². The molecule has 0 aliphatic heterocycles. The van der Waals surface area contributed by atoms with E-state index in [0.29, 0.717) is 16.8 Å². The highest BCUT2D eigenvalue weighted by Gasteiger charge is 2.19. The third-order valence-electron chi connectivity index (χ3n) is 2.68. The maximum absolute atomic E-state index is 11.1. The Balaban J connectivity index is 2.29. The van der Waals surface area contributed by atoms with Crippen LogP contribution in [-0.2, 0) is 6.54 Å². The zero-order valence-electron chi connectivity index (χ0n) is 10.6. The van der Waals surface area contributed by atoms with Crippen LogP contribution in [0, 0.1) is 10.1 Å². The molecule has 5 nitrogen and oxygen atoms in total. The molecule has 0 radical (unpaired) electrons. The van der Waals surface area contributed by atoms with Crippen molar-refractivity contribution in [1.29, 1.82) is 0 Å². The van der Waals surface area contributed by atoms with Gasteiger partial charge in [0.15, 0.2) is 0 Å². The van der Waals surface area contributed by atoms with Gasteiger partial charge in [-0.3, -0.25) is 10.1 Å². The molecule has 104 valence electrons. The Kier molecular flexibility index (Phi) is 4.72. The Hall–Kier alpha value is -1.47. The van der Waals surface area contributed by atoms with Crippen LogP contribution >= 0.6 is 31.9 Å². The van der Waals surface area contributed by atoms with Gasteiger partial charge in [-0.2, -0.15) is 0 Å². The second-order valence-electron chi connectivity index (χ2n) is 4.24. The van der Waals surface area contributed by atoms with Gasteiger partial charge in [-0.15, -0.1) is 0 Å². The SMILES string of the molecule is CN(Cc1cccc(Br)c1)c1ncc(Br)cc1[N+](=O)[O-]. The Labute approximate surface area is 133 Å². The second-order valence-corrected chi connectivity index (χ2v) is 6.07. The van der Waals surface area contributed by atoms with Gasteiger partial charge in [-0.25, -0.2) is 4.98 Å². The molecule has 1 heterocycles. The van der Waals surface area contributed by atoms with E-state index in [2.05, 4.69) is 36.8 Å². The van der Waals surface area contributed by atoms with Crippen LogP contribution in [0.3, 0.4) is 0 Å². The molecule has 0 amide bonds. The topological polar surface area (TPSA) is 59.3 Å². The normalized spacial score (nSPS) is 10.3. The Morgan fingerprint density at radius 2 is 2.05 bits per heavy atom. The number of aromatic nitrogens is 1. The summed E-state index contributed by atoms with van der Waals surface area (Å²) in [4.78, 5) is 16.6. The number of halogens is 2. The molecule has 0 unspecified atom stereocenters. The first-order chi connectivity index (χ1) is 9.47. The van der Waals surface area contributed by atoms with Gasteiger partial charge in [0.2, 0.25) is 5.82 Å². The quantitative estimate of drug-likeness (QED) is 0.571. The monoisotopic (exact) mass is 399 g/mol. The molecule has 7 heteroatoms. The molecule has 2 rings (SSSR count). The van der Waals surface area contributed by atoms with E-state index in [1.165, 1.54) is 6.07 Å². The molecule has 0 bridgehead atoms. The standard InChI is InChI=1S/C13H11Br2N3O2/c1-17(8-9-3-2-4-10(14)5-9)13-12(18(19)20)6-11(15)7-16-13/h2-7H,8H2,1H3. The van der Waals surface area contributed by atoms with Crippen LogP contribution in [0.15, 0.2) is 45.5 Å². The first-order valence-corrected chi connectivity index (χ1v) is 7.31. The smallest absolute Gasteiger partial charge is 0.312 e. The minimum absolute atomic E-state index is 0.0168. The summed E-state index contributed by atoms with van der Waals surface area (Å²) < 4.78 is 1.56. The van der Waals surface area contributed by atoms with Crippen LogP contribution in [0.1, 0.15) is 5.56 Å². The fourth-order valence-electron chi connectivity index (χ4n) is 1.83. The lowest BCUT2D eigenvalue weighted by atomic mass is 10.2. The van der Waals surface area contributed by atoms with Crippen molar-refractivity contribution in [2.45, 2.75) is 6.54 Å². The minimum Gasteiger partial charge on any atom is -0.350 e. The maximum atomic E-state index is 11.1. The number of nitrogens with zero attached hydrogens (tertiary/aromatic N) is 3. The van der Waals surface area contributed by atoms with Crippen molar-refractivity contribution < 1.29 is 4.92 Å². The van der Waals surface area contributed by atoms with Crippen molar-refractivity contribution >= 4 is 43.4 Å². The van der Waals surface area contributed by atoms with E-state index >= 15 is 0 Å². The van der Waals surface area contributed by atoms with Crippen molar-refractivity contribution in [1.82, 2.24) is 4.98 Å². The predicted molar refractivity (Wildman–Crippen MR) is 84.8 cm³/mol. The summed E-state index contributed by atoms with van der Waals surface area (Å²) in [5.74, 6) is 0.346. The molecular weight excluding hydrogens is 390 g/mol. The van der Waals surface area contributed by atoms with Gasteiger partial charge in [0, 0.05) is 34.8 Å². The largest absolute Gasteiger partial charge is 0.350 e. The van der Waals surface area contributed by atoms with E-state index in [0.717, 1.165) is 10.0 Å². The van der Waals surface area contributed by atoms with E-state index in [4.69, 9.17) is 0 Å². The number of anilines is 1. The lowest BCUT2D eigenvalue weighted by Crippen LogP contribution is -2.19. The Bertz CT molecular complexity index is 649. The first-order valence-electron chi connectivity index (χ1n) is 5.73. The molecule has 20 heavy (non-hydrogen) atoms. The molecule has 0 N–H and O–H groups in total. The molecule has 0 spiro atoms. The number of hydrogen-bond donors (Lipinski definition) is 0. The van der Waals surface area contributed by atoms with Crippen LogP contribution in [0.4, 0.5) is 11.5 Å². The molecule has 1 aromatic carbocycles. The number of rotatable bonds is 4. The van der Waals surface area contributed by atoms with E-state index in [9.17, 15) is 10.1 Å². The second kappa shape index (κ2) is 6.32. The van der Waals surface area contributed by atoms with E-state index < -0.39 is 4.92 Å². The van der Waals surface area contributed by atoms with Gasteiger partial charge in [0.1, 0.15) is 0 Å². The minimum atomic E-state index is -0.426. The fourth-order valence-corrected chi connectivity index (χ4v) is 2.60. The number of hydrogen-bond acceptors (Lipinski definition) is 4. The van der Waals surface area contributed by atoms with Gasteiger partial charge >= 0.3 is 5.69 Å². The summed E-state index contributed by atoms with van der Waals surface area (Å²) in [6.45, 7) is 0.537. The summed E-state index contributed by atoms with van der Waals surface area (Å²) >= 11 is 6.61. The zero-order valence-corrected chi connectivity index (χ0v) is 13.8. The summed E-state index contributed by atoms with van der Waals surface area (Å²) in [5.41, 5.74) is 1.03. The highest BCUT2D eigenvalue weighted by Crippen LogP contribution is 2.28. The van der Waals surface area contributed by atoms with Crippen LogP contribution in [-0.4, -0.2) is 17.0 Å². The fraction of sp³-hybridized carbons (Fsp3) is 0.154. The van der Waals surface area contributed by atoms with E-state index in [-0.39, 0.29) is 5.69 Å². The molecule has 1 aromatic heterocycles. The molecule has 0 aliphatic rings. The van der Waals surface area contributed by atoms with E-state index in [1.54, 1.807) is 18.1 Å². The molecule has 0 saturated heterocycles. The zero-order chi connectivity index (χ0) is 14.7. The van der Waals surface area contributed by atoms with Gasteiger partial charge in [0.25, 0.3) is 0 Å². The average Bonchev–Trinajstić information content (AvgIpc) is 2.38. The first kappa shape index (κ1) is 14.9. The number of nitro groups is 1. The molecule has 0 aliphatic carbocycles. The molecule has 0 saturated carbocycles. The van der Waals surface area contributed by atoms with Crippen LogP contribution in [0.5, 0.6) is 0 Å². The van der Waals surface area contributed by atoms with Crippen LogP contribution in [0.2, 0.25) is 0 Å². The van der Waals surface area contributed by atoms with Gasteiger partial charge < -0.3 is 4.90 Å². The lowest BCUT2D eigenvalue weighted by molar-refractivity contribution is -0.384. The third kappa shape index (κ3) is 3.55. The number of pyridine rings is 1. The van der Waals surface area contributed by atoms with Gasteiger partial charge in [-0.1, -0.05) is 28.1 Å². The summed E-state index contributed by atoms with van der Waals surface area (Å²) in [5, 5.41) is 11.1. The summed E-state index contributed by atoms with van der Waals surface area (Å²) in [7, 11) is 1.78. The molecule has 0 fully saturated rings. The van der Waals surface area contributed by atoms with Crippen molar-refractivity contribution in [2.24, 2.45) is 0 Å². The van der Waals surface area contributed by atoms with Crippen molar-refractivity contribution in [3.63, 3.8) is 0 Å². The van der Waals surface area contributed by atoms with Crippen molar-refractivity contribution in [3.05, 3.63) is 61.2 Å². The molecule has 0 atom stereocenters. The predicted octanol–water partition coefficient (Wildman–Crippen LogP) is 4.15. The third-order valence-corrected chi connectivity index (χ3v) is 3.61. The van der Waals surface area contributed by atoms with Crippen molar-refractivity contribution in [2.75, 3.05) is 11.9 Å².